The molecule has 0 bridgehead atoms. The van der Waals surface area contributed by atoms with E-state index in [0.717, 1.165) is 44.5 Å². The van der Waals surface area contributed by atoms with Crippen molar-refractivity contribution in [3.05, 3.63) is 23.4 Å². The topological polar surface area (TPSA) is 42.1 Å². The Morgan fingerprint density at radius 2 is 2.15 bits per heavy atom. The highest BCUT2D eigenvalue weighted by Gasteiger charge is 2.32. The molecular formula is C14H20F3N3. The zero-order valence-electron chi connectivity index (χ0n) is 11.6. The summed E-state index contributed by atoms with van der Waals surface area (Å²) in [6, 6.07) is 2.24. The number of nitrogens with two attached hydrogens (primary N) is 1. The number of anilines is 1. The van der Waals surface area contributed by atoms with E-state index < -0.39 is 11.7 Å². The summed E-state index contributed by atoms with van der Waals surface area (Å²) in [5, 5.41) is 0. The average Bonchev–Trinajstić information content (AvgIpc) is 2.38. The van der Waals surface area contributed by atoms with Gasteiger partial charge in [0.25, 0.3) is 0 Å². The molecule has 1 fully saturated rings. The molecule has 0 radical (unpaired) electrons. The zero-order valence-corrected chi connectivity index (χ0v) is 11.6. The number of halogens is 3. The number of aromatic nitrogens is 1. The maximum Gasteiger partial charge on any atom is 0.416 e. The van der Waals surface area contributed by atoms with Crippen molar-refractivity contribution >= 4 is 5.82 Å². The van der Waals surface area contributed by atoms with Gasteiger partial charge in [-0.05, 0) is 50.8 Å². The molecule has 1 aromatic rings. The molecule has 0 saturated carbocycles. The molecule has 2 N–H and O–H groups in total. The minimum atomic E-state index is -4.32. The van der Waals surface area contributed by atoms with Crippen molar-refractivity contribution in [3.8, 4) is 0 Å². The van der Waals surface area contributed by atoms with Crippen LogP contribution in [0.4, 0.5) is 19.0 Å². The van der Waals surface area contributed by atoms with Crippen LogP contribution < -0.4 is 10.6 Å². The highest BCUT2D eigenvalue weighted by atomic mass is 19.4. The van der Waals surface area contributed by atoms with Crippen LogP contribution in [0.15, 0.2) is 12.1 Å². The largest absolute Gasteiger partial charge is 0.416 e. The Morgan fingerprint density at radius 1 is 1.40 bits per heavy atom. The van der Waals surface area contributed by atoms with Gasteiger partial charge in [0, 0.05) is 18.8 Å². The van der Waals surface area contributed by atoms with Gasteiger partial charge < -0.3 is 10.6 Å². The van der Waals surface area contributed by atoms with Crippen LogP contribution in [0.5, 0.6) is 0 Å². The smallest absolute Gasteiger partial charge is 0.356 e. The number of hydrogen-bond donors (Lipinski definition) is 1. The van der Waals surface area contributed by atoms with Gasteiger partial charge in [-0.15, -0.1) is 0 Å². The molecule has 1 atom stereocenters. The molecule has 2 rings (SSSR count). The van der Waals surface area contributed by atoms with E-state index in [-0.39, 0.29) is 0 Å². The summed E-state index contributed by atoms with van der Waals surface area (Å²) in [5.74, 6) is 0.879. The molecule has 0 unspecified atom stereocenters. The van der Waals surface area contributed by atoms with Gasteiger partial charge in [0.1, 0.15) is 5.82 Å². The van der Waals surface area contributed by atoms with Gasteiger partial charge in [-0.3, -0.25) is 0 Å². The van der Waals surface area contributed by atoms with Gasteiger partial charge in [-0.1, -0.05) is 0 Å². The fourth-order valence-electron chi connectivity index (χ4n) is 2.72. The van der Waals surface area contributed by atoms with Crippen molar-refractivity contribution in [2.24, 2.45) is 11.7 Å². The molecule has 1 aliphatic rings. The lowest BCUT2D eigenvalue weighted by Crippen LogP contribution is -2.37. The van der Waals surface area contributed by atoms with E-state index in [9.17, 15) is 13.2 Å². The lowest BCUT2D eigenvalue weighted by molar-refractivity contribution is -0.137. The Balaban J connectivity index is 2.21. The lowest BCUT2D eigenvalue weighted by atomic mass is 9.95. The van der Waals surface area contributed by atoms with E-state index in [1.165, 1.54) is 0 Å². The standard InChI is InChI=1S/C14H20F3N3/c1-10-7-12(14(15,16)17)8-13(19-10)20-6-2-3-11(9-20)4-5-18/h7-8,11H,2-6,9,18H2,1H3/t11-/m0/s1. The average molecular weight is 287 g/mol. The molecule has 3 nitrogen and oxygen atoms in total. The van der Waals surface area contributed by atoms with Crippen LogP contribution in [-0.2, 0) is 6.18 Å². The first-order valence-electron chi connectivity index (χ1n) is 6.91. The molecule has 0 spiro atoms. The summed E-state index contributed by atoms with van der Waals surface area (Å²) in [5.41, 5.74) is 5.34. The van der Waals surface area contributed by atoms with Crippen molar-refractivity contribution in [3.63, 3.8) is 0 Å². The van der Waals surface area contributed by atoms with Gasteiger partial charge in [0.2, 0.25) is 0 Å². The number of alkyl halides is 3. The van der Waals surface area contributed by atoms with E-state index in [1.54, 1.807) is 6.92 Å². The number of hydrogen-bond acceptors (Lipinski definition) is 3. The third-order valence-corrected chi connectivity index (χ3v) is 3.69. The van der Waals surface area contributed by atoms with Crippen molar-refractivity contribution in [2.45, 2.75) is 32.4 Å². The summed E-state index contributed by atoms with van der Waals surface area (Å²) in [6.07, 6.45) is -1.35. The Kier molecular flexibility index (Phi) is 4.52. The molecule has 0 aromatic carbocycles. The Morgan fingerprint density at radius 3 is 2.80 bits per heavy atom. The van der Waals surface area contributed by atoms with E-state index in [2.05, 4.69) is 4.98 Å². The van der Waals surface area contributed by atoms with Crippen molar-refractivity contribution < 1.29 is 13.2 Å². The van der Waals surface area contributed by atoms with Crippen LogP contribution >= 0.6 is 0 Å². The molecule has 0 aliphatic carbocycles. The van der Waals surface area contributed by atoms with E-state index in [4.69, 9.17) is 5.73 Å². The highest BCUT2D eigenvalue weighted by molar-refractivity contribution is 5.44. The molecule has 1 saturated heterocycles. The van der Waals surface area contributed by atoms with Crippen molar-refractivity contribution in [1.82, 2.24) is 4.98 Å². The second-order valence-corrected chi connectivity index (χ2v) is 5.38. The number of rotatable bonds is 3. The first-order chi connectivity index (χ1) is 9.40. The molecule has 1 aromatic heterocycles. The summed E-state index contributed by atoms with van der Waals surface area (Å²) in [4.78, 5) is 6.21. The molecule has 1 aliphatic heterocycles. The fraction of sp³-hybridized carbons (Fsp3) is 0.643. The minimum absolute atomic E-state index is 0.399. The Bertz CT molecular complexity index is 457. The monoisotopic (exact) mass is 287 g/mol. The maximum atomic E-state index is 12.8. The third kappa shape index (κ3) is 3.62. The fourth-order valence-corrected chi connectivity index (χ4v) is 2.72. The first kappa shape index (κ1) is 15.1. The lowest BCUT2D eigenvalue weighted by Gasteiger charge is -2.34. The highest BCUT2D eigenvalue weighted by Crippen LogP contribution is 2.32. The van der Waals surface area contributed by atoms with Gasteiger partial charge >= 0.3 is 6.18 Å². The molecule has 112 valence electrons. The first-order valence-corrected chi connectivity index (χ1v) is 6.91. The van der Waals surface area contributed by atoms with Crippen LogP contribution in [0.1, 0.15) is 30.5 Å². The molecule has 2 heterocycles. The van der Waals surface area contributed by atoms with Crippen LogP contribution in [0.3, 0.4) is 0 Å². The summed E-state index contributed by atoms with van der Waals surface area (Å²) >= 11 is 0. The molecule has 0 amide bonds. The predicted molar refractivity (Wildman–Crippen MR) is 72.6 cm³/mol. The second-order valence-electron chi connectivity index (χ2n) is 5.38. The van der Waals surface area contributed by atoms with E-state index in [1.807, 2.05) is 4.90 Å². The van der Waals surface area contributed by atoms with Crippen LogP contribution in [-0.4, -0.2) is 24.6 Å². The van der Waals surface area contributed by atoms with Crippen molar-refractivity contribution in [1.29, 1.82) is 0 Å². The predicted octanol–water partition coefficient (Wildman–Crippen LogP) is 2.97. The van der Waals surface area contributed by atoms with E-state index >= 15 is 0 Å². The molecule has 20 heavy (non-hydrogen) atoms. The quantitative estimate of drug-likeness (QED) is 0.929. The molecule has 6 heteroatoms. The number of piperidine rings is 1. The minimum Gasteiger partial charge on any atom is -0.356 e. The SMILES string of the molecule is Cc1cc(C(F)(F)F)cc(N2CCC[C@@H](CCN)C2)n1. The van der Waals surface area contributed by atoms with Gasteiger partial charge in [0.15, 0.2) is 0 Å². The number of nitrogens with zero attached hydrogens (tertiary/aromatic N) is 2. The summed E-state index contributed by atoms with van der Waals surface area (Å²) < 4.78 is 38.5. The number of aryl methyl sites for hydroxylation is 1. The Hall–Kier alpha value is -1.30. The molecular weight excluding hydrogens is 267 g/mol. The van der Waals surface area contributed by atoms with Gasteiger partial charge in [-0.2, -0.15) is 13.2 Å². The Labute approximate surface area is 117 Å². The second kappa shape index (κ2) is 5.99. The number of pyridine rings is 1. The third-order valence-electron chi connectivity index (χ3n) is 3.69. The maximum absolute atomic E-state index is 12.8. The van der Waals surface area contributed by atoms with E-state index in [0.29, 0.717) is 24.0 Å². The normalized spacial score (nSPS) is 20.2. The van der Waals surface area contributed by atoms with Gasteiger partial charge in [-0.25, -0.2) is 4.98 Å². The van der Waals surface area contributed by atoms with Crippen LogP contribution in [0.2, 0.25) is 0 Å². The van der Waals surface area contributed by atoms with Crippen LogP contribution in [0.25, 0.3) is 0 Å². The summed E-state index contributed by atoms with van der Waals surface area (Å²) in [7, 11) is 0. The zero-order chi connectivity index (χ0) is 14.8. The van der Waals surface area contributed by atoms with Crippen molar-refractivity contribution in [2.75, 3.05) is 24.5 Å². The van der Waals surface area contributed by atoms with Gasteiger partial charge in [0.05, 0.1) is 5.56 Å². The van der Waals surface area contributed by atoms with Crippen LogP contribution in [0, 0.1) is 12.8 Å². The summed E-state index contributed by atoms with van der Waals surface area (Å²) in [6.45, 7) is 3.72.